The van der Waals surface area contributed by atoms with E-state index in [1.54, 1.807) is 7.11 Å². The van der Waals surface area contributed by atoms with E-state index in [2.05, 4.69) is 57.0 Å². The first-order chi connectivity index (χ1) is 13.2. The molecule has 0 spiro atoms. The zero-order chi connectivity index (χ0) is 19.5. The van der Waals surface area contributed by atoms with Gasteiger partial charge in [-0.2, -0.15) is 0 Å². The molecule has 0 amide bonds. The second-order valence-corrected chi connectivity index (χ2v) is 8.35. The minimum absolute atomic E-state index is 0.510. The SMILES string of the molecule is CN=C(NCCN(C)CCCOC)NCC1CCCN(C)C1c1cccs1. The molecule has 27 heavy (non-hydrogen) atoms. The Hall–Kier alpha value is -1.15. The largest absolute Gasteiger partial charge is 0.385 e. The molecule has 1 aliphatic rings. The minimum Gasteiger partial charge on any atom is -0.385 e. The van der Waals surface area contributed by atoms with Gasteiger partial charge in [0.2, 0.25) is 0 Å². The Kier molecular flexibility index (Phi) is 10.1. The molecule has 1 saturated heterocycles. The Bertz CT molecular complexity index is 536. The van der Waals surface area contributed by atoms with Crippen molar-refractivity contribution in [3.63, 3.8) is 0 Å². The van der Waals surface area contributed by atoms with Crippen molar-refractivity contribution < 1.29 is 4.74 Å². The van der Waals surface area contributed by atoms with E-state index in [0.717, 1.165) is 45.2 Å². The van der Waals surface area contributed by atoms with Gasteiger partial charge in [0, 0.05) is 57.9 Å². The van der Waals surface area contributed by atoms with E-state index in [0.29, 0.717) is 12.0 Å². The van der Waals surface area contributed by atoms with Crippen molar-refractivity contribution in [3.8, 4) is 0 Å². The number of likely N-dealkylation sites (N-methyl/N-ethyl adjacent to an activating group) is 1. The summed E-state index contributed by atoms with van der Waals surface area (Å²) in [6.07, 6.45) is 3.60. The number of thiophene rings is 1. The Morgan fingerprint density at radius 1 is 1.41 bits per heavy atom. The summed E-state index contributed by atoms with van der Waals surface area (Å²) in [6.45, 7) is 5.90. The zero-order valence-electron chi connectivity index (χ0n) is 17.4. The van der Waals surface area contributed by atoms with Gasteiger partial charge in [0.15, 0.2) is 5.96 Å². The van der Waals surface area contributed by atoms with Crippen LogP contribution >= 0.6 is 11.3 Å². The number of guanidine groups is 1. The topological polar surface area (TPSA) is 52.1 Å². The molecule has 0 saturated carbocycles. The van der Waals surface area contributed by atoms with Crippen molar-refractivity contribution in [2.24, 2.45) is 10.9 Å². The quantitative estimate of drug-likeness (QED) is 0.362. The Labute approximate surface area is 169 Å². The highest BCUT2D eigenvalue weighted by Gasteiger charge is 2.31. The summed E-state index contributed by atoms with van der Waals surface area (Å²) in [7, 11) is 8.01. The molecular weight excluding hydrogens is 358 g/mol. The van der Waals surface area contributed by atoms with Gasteiger partial charge in [-0.05, 0) is 57.3 Å². The number of hydrogen-bond acceptors (Lipinski definition) is 5. The average molecular weight is 396 g/mol. The molecule has 2 rings (SSSR count). The first-order valence-electron chi connectivity index (χ1n) is 10.0. The summed E-state index contributed by atoms with van der Waals surface area (Å²) in [5.74, 6) is 1.51. The average Bonchev–Trinajstić information content (AvgIpc) is 3.19. The lowest BCUT2D eigenvalue weighted by atomic mass is 9.88. The number of nitrogens with one attached hydrogen (secondary N) is 2. The second-order valence-electron chi connectivity index (χ2n) is 7.37. The summed E-state index contributed by atoms with van der Waals surface area (Å²) in [6, 6.07) is 4.95. The normalized spacial score (nSPS) is 21.6. The zero-order valence-corrected chi connectivity index (χ0v) is 18.2. The first-order valence-corrected chi connectivity index (χ1v) is 10.9. The number of methoxy groups -OCH3 is 1. The van der Waals surface area contributed by atoms with Gasteiger partial charge in [-0.15, -0.1) is 11.3 Å². The van der Waals surface area contributed by atoms with E-state index in [1.807, 2.05) is 18.4 Å². The van der Waals surface area contributed by atoms with Crippen molar-refractivity contribution >= 4 is 17.3 Å². The number of aliphatic imine (C=N–C) groups is 1. The second kappa shape index (κ2) is 12.3. The molecule has 2 atom stereocenters. The van der Waals surface area contributed by atoms with Crippen LogP contribution in [0.25, 0.3) is 0 Å². The number of likely N-dealkylation sites (tertiary alicyclic amines) is 1. The molecule has 0 aliphatic carbocycles. The van der Waals surface area contributed by atoms with Gasteiger partial charge in [-0.1, -0.05) is 6.07 Å². The first kappa shape index (κ1) is 22.1. The van der Waals surface area contributed by atoms with Gasteiger partial charge >= 0.3 is 0 Å². The summed E-state index contributed by atoms with van der Waals surface area (Å²) < 4.78 is 5.11. The molecule has 7 heteroatoms. The van der Waals surface area contributed by atoms with Crippen LogP contribution in [0.1, 0.15) is 30.2 Å². The molecule has 1 aromatic heterocycles. The molecular formula is C20H37N5OS. The number of nitrogens with zero attached hydrogens (tertiary/aromatic N) is 3. The number of rotatable bonds is 10. The standard InChI is InChI=1S/C20H37N5OS/c1-21-20(22-10-13-24(2)11-7-14-26-4)23-16-17-8-5-12-25(3)19(17)18-9-6-15-27-18/h6,9,15,17,19H,5,7-8,10-14,16H2,1-4H3,(H2,21,22,23). The molecule has 0 radical (unpaired) electrons. The molecule has 6 nitrogen and oxygen atoms in total. The van der Waals surface area contributed by atoms with Gasteiger partial charge < -0.3 is 20.3 Å². The summed E-state index contributed by atoms with van der Waals surface area (Å²) in [5.41, 5.74) is 0. The van der Waals surface area contributed by atoms with E-state index >= 15 is 0 Å². The van der Waals surface area contributed by atoms with E-state index in [9.17, 15) is 0 Å². The van der Waals surface area contributed by atoms with E-state index in [4.69, 9.17) is 4.74 Å². The van der Waals surface area contributed by atoms with E-state index < -0.39 is 0 Å². The van der Waals surface area contributed by atoms with Gasteiger partial charge in [-0.3, -0.25) is 9.89 Å². The highest BCUT2D eigenvalue weighted by atomic mass is 32.1. The third-order valence-corrected chi connectivity index (χ3v) is 6.21. The van der Waals surface area contributed by atoms with Crippen LogP contribution < -0.4 is 10.6 Å². The predicted molar refractivity (Wildman–Crippen MR) is 116 cm³/mol. The van der Waals surface area contributed by atoms with Crippen LogP contribution in [0, 0.1) is 5.92 Å². The molecule has 0 aromatic carbocycles. The number of ether oxygens (including phenoxy) is 1. The third-order valence-electron chi connectivity index (χ3n) is 5.27. The number of hydrogen-bond donors (Lipinski definition) is 2. The lowest BCUT2D eigenvalue weighted by molar-refractivity contribution is 0.125. The molecule has 2 unspecified atom stereocenters. The fraction of sp³-hybridized carbons (Fsp3) is 0.750. The Morgan fingerprint density at radius 3 is 2.96 bits per heavy atom. The van der Waals surface area contributed by atoms with Crippen molar-refractivity contribution in [1.82, 2.24) is 20.4 Å². The molecule has 2 N–H and O–H groups in total. The van der Waals surface area contributed by atoms with Crippen LogP contribution in [-0.4, -0.2) is 83.3 Å². The number of piperidine rings is 1. The molecule has 154 valence electrons. The monoisotopic (exact) mass is 395 g/mol. The van der Waals surface area contributed by atoms with Crippen LogP contribution in [0.4, 0.5) is 0 Å². The lowest BCUT2D eigenvalue weighted by Gasteiger charge is -2.39. The van der Waals surface area contributed by atoms with Crippen molar-refractivity contribution in [1.29, 1.82) is 0 Å². The van der Waals surface area contributed by atoms with Crippen LogP contribution in [0.5, 0.6) is 0 Å². The fourth-order valence-corrected chi connectivity index (χ4v) is 4.77. The minimum atomic E-state index is 0.510. The summed E-state index contributed by atoms with van der Waals surface area (Å²) >= 11 is 1.87. The van der Waals surface area contributed by atoms with Crippen LogP contribution in [-0.2, 0) is 4.74 Å². The fourth-order valence-electron chi connectivity index (χ4n) is 3.79. The smallest absolute Gasteiger partial charge is 0.191 e. The maximum absolute atomic E-state index is 5.11. The lowest BCUT2D eigenvalue weighted by Crippen LogP contribution is -2.46. The highest BCUT2D eigenvalue weighted by molar-refractivity contribution is 7.10. The highest BCUT2D eigenvalue weighted by Crippen LogP contribution is 2.36. The van der Waals surface area contributed by atoms with E-state index in [1.165, 1.54) is 24.3 Å². The van der Waals surface area contributed by atoms with E-state index in [-0.39, 0.29) is 0 Å². The van der Waals surface area contributed by atoms with Gasteiger partial charge in [0.05, 0.1) is 0 Å². The van der Waals surface area contributed by atoms with Crippen molar-refractivity contribution in [2.45, 2.75) is 25.3 Å². The van der Waals surface area contributed by atoms with Crippen LogP contribution in [0.2, 0.25) is 0 Å². The molecule has 2 heterocycles. The Balaban J connectivity index is 1.75. The van der Waals surface area contributed by atoms with Gasteiger partial charge in [0.25, 0.3) is 0 Å². The summed E-state index contributed by atoms with van der Waals surface area (Å²) in [4.78, 5) is 10.7. The molecule has 0 bridgehead atoms. The van der Waals surface area contributed by atoms with Crippen LogP contribution in [0.3, 0.4) is 0 Å². The molecule has 1 aliphatic heterocycles. The molecule has 1 fully saturated rings. The maximum Gasteiger partial charge on any atom is 0.191 e. The Morgan fingerprint density at radius 2 is 2.26 bits per heavy atom. The van der Waals surface area contributed by atoms with Crippen molar-refractivity contribution in [3.05, 3.63) is 22.4 Å². The maximum atomic E-state index is 5.11. The molecule has 1 aromatic rings. The van der Waals surface area contributed by atoms with Gasteiger partial charge in [-0.25, -0.2) is 0 Å². The predicted octanol–water partition coefficient (Wildman–Crippen LogP) is 2.26. The van der Waals surface area contributed by atoms with Crippen molar-refractivity contribution in [2.75, 3.05) is 67.6 Å². The van der Waals surface area contributed by atoms with Gasteiger partial charge in [0.1, 0.15) is 0 Å². The third kappa shape index (κ3) is 7.41. The van der Waals surface area contributed by atoms with Crippen LogP contribution in [0.15, 0.2) is 22.5 Å². The summed E-state index contributed by atoms with van der Waals surface area (Å²) in [5, 5.41) is 9.19.